The van der Waals surface area contributed by atoms with E-state index in [1.807, 2.05) is 0 Å². The van der Waals surface area contributed by atoms with Crippen LogP contribution in [-0.2, 0) is 14.8 Å². The summed E-state index contributed by atoms with van der Waals surface area (Å²) in [6, 6.07) is 6.86. The fourth-order valence-corrected chi connectivity index (χ4v) is 3.29. The molecule has 0 amide bonds. The Hall–Kier alpha value is -1.11. The summed E-state index contributed by atoms with van der Waals surface area (Å²) in [6.07, 6.45) is 0.913. The Morgan fingerprint density at radius 1 is 1.39 bits per heavy atom. The van der Waals surface area contributed by atoms with Crippen molar-refractivity contribution >= 4 is 15.7 Å². The van der Waals surface area contributed by atoms with Crippen LogP contribution in [0, 0.1) is 5.92 Å². The lowest BCUT2D eigenvalue weighted by molar-refractivity contribution is 0.186. The molecular weight excluding hydrogens is 252 g/mol. The fraction of sp³-hybridized carbons (Fsp3) is 0.500. The Balaban J connectivity index is 2.09. The summed E-state index contributed by atoms with van der Waals surface area (Å²) in [5, 5.41) is 2.89. The second-order valence-electron chi connectivity index (χ2n) is 4.33. The van der Waals surface area contributed by atoms with Crippen molar-refractivity contribution in [3.05, 3.63) is 24.3 Å². The summed E-state index contributed by atoms with van der Waals surface area (Å²) in [7, 11) is -1.75. The number of hydrogen-bond donors (Lipinski definition) is 2. The molecule has 1 unspecified atom stereocenters. The van der Waals surface area contributed by atoms with Crippen LogP contribution in [0.5, 0.6) is 0 Å². The van der Waals surface area contributed by atoms with E-state index in [9.17, 15) is 8.42 Å². The number of ether oxygens (including phenoxy) is 1. The lowest BCUT2D eigenvalue weighted by Crippen LogP contribution is -2.30. The van der Waals surface area contributed by atoms with Crippen LogP contribution in [0.2, 0.25) is 0 Å². The van der Waals surface area contributed by atoms with E-state index in [2.05, 4.69) is 10.0 Å². The van der Waals surface area contributed by atoms with E-state index < -0.39 is 10.0 Å². The first-order valence-corrected chi connectivity index (χ1v) is 7.46. The van der Waals surface area contributed by atoms with Crippen molar-refractivity contribution in [2.75, 3.05) is 32.1 Å². The fourth-order valence-electron chi connectivity index (χ4n) is 1.96. The first kappa shape index (κ1) is 13.3. The molecule has 0 saturated carbocycles. The van der Waals surface area contributed by atoms with Gasteiger partial charge in [0.25, 0.3) is 0 Å². The average molecular weight is 270 g/mol. The molecule has 100 valence electrons. The van der Waals surface area contributed by atoms with E-state index in [0.29, 0.717) is 18.8 Å². The van der Waals surface area contributed by atoms with E-state index in [4.69, 9.17) is 4.74 Å². The van der Waals surface area contributed by atoms with Crippen molar-refractivity contribution in [3.8, 4) is 0 Å². The second-order valence-corrected chi connectivity index (χ2v) is 6.06. The molecule has 1 aromatic rings. The van der Waals surface area contributed by atoms with Crippen LogP contribution in [0.1, 0.15) is 6.42 Å². The van der Waals surface area contributed by atoms with Gasteiger partial charge in [-0.15, -0.1) is 0 Å². The van der Waals surface area contributed by atoms with Crippen molar-refractivity contribution in [2.45, 2.75) is 11.3 Å². The average Bonchev–Trinajstić information content (AvgIpc) is 2.89. The Morgan fingerprint density at radius 3 is 2.83 bits per heavy atom. The molecular formula is C12H18N2O3S. The molecule has 2 N–H and O–H groups in total. The molecule has 1 heterocycles. The predicted molar refractivity (Wildman–Crippen MR) is 70.1 cm³/mol. The molecule has 0 radical (unpaired) electrons. The molecule has 0 bridgehead atoms. The van der Waals surface area contributed by atoms with Crippen molar-refractivity contribution in [3.63, 3.8) is 0 Å². The van der Waals surface area contributed by atoms with Crippen molar-refractivity contribution < 1.29 is 13.2 Å². The zero-order chi connectivity index (χ0) is 13.0. The molecule has 1 fully saturated rings. The van der Waals surface area contributed by atoms with Crippen LogP contribution in [-0.4, -0.2) is 35.2 Å². The Bertz CT molecular complexity index is 496. The number of hydrogen-bond acceptors (Lipinski definition) is 4. The maximum Gasteiger partial charge on any atom is 0.242 e. The number of anilines is 1. The molecule has 1 aromatic carbocycles. The van der Waals surface area contributed by atoms with E-state index >= 15 is 0 Å². The van der Waals surface area contributed by atoms with Crippen LogP contribution in [0.4, 0.5) is 5.69 Å². The third-order valence-electron chi connectivity index (χ3n) is 3.03. The molecule has 0 spiro atoms. The summed E-state index contributed by atoms with van der Waals surface area (Å²) in [5.74, 6) is 0.279. The van der Waals surface area contributed by atoms with Crippen LogP contribution >= 0.6 is 0 Å². The molecule has 18 heavy (non-hydrogen) atoms. The smallest absolute Gasteiger partial charge is 0.242 e. The van der Waals surface area contributed by atoms with Crippen molar-refractivity contribution in [2.24, 2.45) is 5.92 Å². The summed E-state index contributed by atoms with van der Waals surface area (Å²) in [6.45, 7) is 1.79. The van der Waals surface area contributed by atoms with Gasteiger partial charge in [-0.3, -0.25) is 0 Å². The second kappa shape index (κ2) is 5.69. The number of sulfonamides is 1. The SMILES string of the molecule is CNc1ccccc1S(=O)(=O)NCC1CCOC1. The summed E-state index contributed by atoms with van der Waals surface area (Å²) in [4.78, 5) is 0.284. The monoisotopic (exact) mass is 270 g/mol. The van der Waals surface area contributed by atoms with Gasteiger partial charge in [0.2, 0.25) is 10.0 Å². The van der Waals surface area contributed by atoms with Gasteiger partial charge in [-0.1, -0.05) is 12.1 Å². The summed E-state index contributed by atoms with van der Waals surface area (Å²) in [5.41, 5.74) is 0.604. The zero-order valence-corrected chi connectivity index (χ0v) is 11.2. The van der Waals surface area contributed by atoms with Crippen LogP contribution in [0.3, 0.4) is 0 Å². The summed E-state index contributed by atoms with van der Waals surface area (Å²) >= 11 is 0. The first-order valence-electron chi connectivity index (χ1n) is 5.97. The molecule has 0 aromatic heterocycles. The van der Waals surface area contributed by atoms with Gasteiger partial charge in [0.1, 0.15) is 4.90 Å². The lowest BCUT2D eigenvalue weighted by atomic mass is 10.1. The molecule has 2 rings (SSSR count). The minimum atomic E-state index is -3.46. The Morgan fingerprint density at radius 2 is 2.17 bits per heavy atom. The summed E-state index contributed by atoms with van der Waals surface area (Å²) < 4.78 is 32.2. The van der Waals surface area contributed by atoms with E-state index in [-0.39, 0.29) is 10.8 Å². The molecule has 1 saturated heterocycles. The molecule has 5 nitrogen and oxygen atoms in total. The van der Waals surface area contributed by atoms with E-state index in [1.165, 1.54) is 0 Å². The van der Waals surface area contributed by atoms with Crippen LogP contribution < -0.4 is 10.0 Å². The predicted octanol–water partition coefficient (Wildman–Crippen LogP) is 1.04. The number of benzene rings is 1. The highest BCUT2D eigenvalue weighted by Gasteiger charge is 2.21. The number of nitrogens with one attached hydrogen (secondary N) is 2. The zero-order valence-electron chi connectivity index (χ0n) is 10.3. The number of rotatable bonds is 5. The van der Waals surface area contributed by atoms with Crippen molar-refractivity contribution in [1.29, 1.82) is 0 Å². The van der Waals surface area contributed by atoms with Crippen molar-refractivity contribution in [1.82, 2.24) is 4.72 Å². The first-order chi connectivity index (χ1) is 8.63. The molecule has 1 aliphatic rings. The standard InChI is InChI=1S/C12H18N2O3S/c1-13-11-4-2-3-5-12(11)18(15,16)14-8-10-6-7-17-9-10/h2-5,10,13-14H,6-9H2,1H3. The molecule has 1 atom stereocenters. The third-order valence-corrected chi connectivity index (χ3v) is 4.51. The van der Waals surface area contributed by atoms with Gasteiger partial charge in [0, 0.05) is 20.2 Å². The maximum absolute atomic E-state index is 12.2. The number of para-hydroxylation sites is 1. The van der Waals surface area contributed by atoms with E-state index in [1.54, 1.807) is 31.3 Å². The quantitative estimate of drug-likeness (QED) is 0.839. The third kappa shape index (κ3) is 3.01. The largest absolute Gasteiger partial charge is 0.387 e. The van der Waals surface area contributed by atoms with Gasteiger partial charge >= 0.3 is 0 Å². The Labute approximate surface area is 108 Å². The molecule has 6 heteroatoms. The highest BCUT2D eigenvalue weighted by molar-refractivity contribution is 7.89. The van der Waals surface area contributed by atoms with E-state index in [0.717, 1.165) is 13.0 Å². The maximum atomic E-state index is 12.2. The van der Waals surface area contributed by atoms with Gasteiger partial charge in [-0.2, -0.15) is 0 Å². The van der Waals surface area contributed by atoms with Gasteiger partial charge in [0.15, 0.2) is 0 Å². The molecule has 1 aliphatic heterocycles. The van der Waals surface area contributed by atoms with Gasteiger partial charge < -0.3 is 10.1 Å². The highest BCUT2D eigenvalue weighted by atomic mass is 32.2. The van der Waals surface area contributed by atoms with Gasteiger partial charge in [-0.25, -0.2) is 13.1 Å². The normalized spacial score (nSPS) is 19.9. The van der Waals surface area contributed by atoms with Crippen LogP contribution in [0.15, 0.2) is 29.2 Å². The molecule has 0 aliphatic carbocycles. The Kier molecular flexibility index (Phi) is 4.21. The van der Waals surface area contributed by atoms with Gasteiger partial charge in [-0.05, 0) is 24.5 Å². The van der Waals surface area contributed by atoms with Gasteiger partial charge in [0.05, 0.1) is 12.3 Å². The topological polar surface area (TPSA) is 67.4 Å². The highest BCUT2D eigenvalue weighted by Crippen LogP contribution is 2.20. The van der Waals surface area contributed by atoms with Crippen LogP contribution in [0.25, 0.3) is 0 Å². The lowest BCUT2D eigenvalue weighted by Gasteiger charge is -2.13. The minimum Gasteiger partial charge on any atom is -0.387 e. The minimum absolute atomic E-state index is 0.279.